The van der Waals surface area contributed by atoms with E-state index < -0.39 is 12.0 Å². The van der Waals surface area contributed by atoms with E-state index >= 15 is 0 Å². The summed E-state index contributed by atoms with van der Waals surface area (Å²) in [5, 5.41) is 14.3. The van der Waals surface area contributed by atoms with E-state index in [0.29, 0.717) is 12.1 Å². The third-order valence-corrected chi connectivity index (χ3v) is 3.63. The molecule has 0 saturated heterocycles. The van der Waals surface area contributed by atoms with Crippen molar-refractivity contribution in [3.63, 3.8) is 0 Å². The van der Waals surface area contributed by atoms with Gasteiger partial charge >= 0.3 is 5.97 Å². The largest absolute Gasteiger partial charge is 0.480 e. The summed E-state index contributed by atoms with van der Waals surface area (Å²) in [6.07, 6.45) is 0.831. The van der Waals surface area contributed by atoms with Crippen molar-refractivity contribution in [3.8, 4) is 0 Å². The Kier molecular flexibility index (Phi) is 5.27. The molecule has 1 amide bonds. The zero-order valence-electron chi connectivity index (χ0n) is 10.8. The average Bonchev–Trinajstić information content (AvgIpc) is 2.70. The predicted molar refractivity (Wildman–Crippen MR) is 69.6 cm³/mol. The maximum atomic E-state index is 11.7. The number of aromatic nitrogens is 1. The van der Waals surface area contributed by atoms with Gasteiger partial charge in [-0.2, -0.15) is 0 Å². The van der Waals surface area contributed by atoms with E-state index in [9.17, 15) is 9.59 Å². The summed E-state index contributed by atoms with van der Waals surface area (Å²) < 4.78 is 0. The van der Waals surface area contributed by atoms with Crippen molar-refractivity contribution < 1.29 is 14.7 Å². The van der Waals surface area contributed by atoms with Crippen LogP contribution in [0.5, 0.6) is 0 Å². The highest BCUT2D eigenvalue weighted by Gasteiger charge is 2.25. The van der Waals surface area contributed by atoms with Gasteiger partial charge in [0.25, 0.3) is 0 Å². The Hall–Kier alpha value is -1.43. The van der Waals surface area contributed by atoms with Gasteiger partial charge in [-0.1, -0.05) is 20.3 Å². The molecule has 5 nitrogen and oxygen atoms in total. The van der Waals surface area contributed by atoms with Gasteiger partial charge in [-0.25, -0.2) is 9.78 Å². The number of carbonyl (C=O) groups is 2. The first-order valence-electron chi connectivity index (χ1n) is 5.87. The van der Waals surface area contributed by atoms with Crippen molar-refractivity contribution in [2.75, 3.05) is 0 Å². The van der Waals surface area contributed by atoms with Gasteiger partial charge in [-0.15, -0.1) is 11.3 Å². The van der Waals surface area contributed by atoms with Crippen molar-refractivity contribution in [1.29, 1.82) is 0 Å². The summed E-state index contributed by atoms with van der Waals surface area (Å²) in [5.74, 6) is -1.39. The molecule has 1 aromatic rings. The van der Waals surface area contributed by atoms with Crippen LogP contribution in [0.4, 0.5) is 0 Å². The maximum Gasteiger partial charge on any atom is 0.326 e. The first-order chi connectivity index (χ1) is 8.43. The van der Waals surface area contributed by atoms with Crippen molar-refractivity contribution in [3.05, 3.63) is 16.1 Å². The Morgan fingerprint density at radius 3 is 2.67 bits per heavy atom. The number of carboxylic acids is 1. The van der Waals surface area contributed by atoms with Crippen molar-refractivity contribution in [1.82, 2.24) is 10.3 Å². The molecule has 0 aliphatic heterocycles. The molecule has 2 atom stereocenters. The van der Waals surface area contributed by atoms with Crippen molar-refractivity contribution in [2.24, 2.45) is 5.92 Å². The highest BCUT2D eigenvalue weighted by Crippen LogP contribution is 2.10. The minimum absolute atomic E-state index is 0.0939. The van der Waals surface area contributed by atoms with Gasteiger partial charge in [0, 0.05) is 5.38 Å². The second-order valence-corrected chi connectivity index (χ2v) is 5.37. The molecule has 0 fully saturated rings. The zero-order valence-corrected chi connectivity index (χ0v) is 11.6. The Labute approximate surface area is 110 Å². The van der Waals surface area contributed by atoms with E-state index in [1.807, 2.05) is 26.2 Å². The van der Waals surface area contributed by atoms with Crippen LogP contribution >= 0.6 is 11.3 Å². The lowest BCUT2D eigenvalue weighted by molar-refractivity contribution is -0.143. The third-order valence-electron chi connectivity index (χ3n) is 2.80. The third kappa shape index (κ3) is 4.10. The second-order valence-electron chi connectivity index (χ2n) is 4.30. The van der Waals surface area contributed by atoms with Crippen molar-refractivity contribution in [2.45, 2.75) is 39.7 Å². The molecule has 0 bridgehead atoms. The molecule has 0 unspecified atom stereocenters. The lowest BCUT2D eigenvalue weighted by Crippen LogP contribution is -2.45. The van der Waals surface area contributed by atoms with Crippen molar-refractivity contribution >= 4 is 23.2 Å². The Bertz CT molecular complexity index is 431. The van der Waals surface area contributed by atoms with Crippen LogP contribution in [-0.2, 0) is 16.0 Å². The fraction of sp³-hybridized carbons (Fsp3) is 0.583. The molecule has 0 saturated carbocycles. The number of carbonyl (C=O) groups excluding carboxylic acids is 1. The molecule has 0 aliphatic rings. The summed E-state index contributed by atoms with van der Waals surface area (Å²) in [6.45, 7) is 5.58. The number of amides is 1. The molecule has 0 radical (unpaired) electrons. The zero-order chi connectivity index (χ0) is 13.7. The van der Waals surface area contributed by atoms with E-state index in [1.54, 1.807) is 0 Å². The maximum absolute atomic E-state index is 11.7. The number of nitrogens with zero attached hydrogens (tertiary/aromatic N) is 1. The number of aryl methyl sites for hydroxylation is 1. The van der Waals surface area contributed by atoms with Gasteiger partial charge in [0.2, 0.25) is 5.91 Å². The number of aliphatic carboxylic acids is 1. The van der Waals surface area contributed by atoms with Gasteiger partial charge in [0.15, 0.2) is 0 Å². The number of rotatable bonds is 6. The summed E-state index contributed by atoms with van der Waals surface area (Å²) in [6, 6.07) is -0.831. The Balaban J connectivity index is 2.59. The first-order valence-corrected chi connectivity index (χ1v) is 6.75. The molecule has 2 N–H and O–H groups in total. The monoisotopic (exact) mass is 270 g/mol. The highest BCUT2D eigenvalue weighted by molar-refractivity contribution is 7.09. The lowest BCUT2D eigenvalue weighted by atomic mass is 9.99. The lowest BCUT2D eigenvalue weighted by Gasteiger charge is -2.19. The molecule has 0 spiro atoms. The first kappa shape index (κ1) is 14.6. The average molecular weight is 270 g/mol. The molecule has 18 heavy (non-hydrogen) atoms. The van der Waals surface area contributed by atoms with Crippen LogP contribution in [-0.4, -0.2) is 28.0 Å². The number of thiazole rings is 1. The summed E-state index contributed by atoms with van der Waals surface area (Å²) in [4.78, 5) is 27.0. The molecular weight excluding hydrogens is 252 g/mol. The quantitative estimate of drug-likeness (QED) is 0.823. The minimum Gasteiger partial charge on any atom is -0.480 e. The molecule has 1 aromatic heterocycles. The molecule has 0 aliphatic carbocycles. The fourth-order valence-electron chi connectivity index (χ4n) is 1.56. The Morgan fingerprint density at radius 2 is 2.22 bits per heavy atom. The van der Waals surface area contributed by atoms with E-state index in [1.165, 1.54) is 11.3 Å². The van der Waals surface area contributed by atoms with Crippen LogP contribution in [0, 0.1) is 12.8 Å². The highest BCUT2D eigenvalue weighted by atomic mass is 32.1. The van der Waals surface area contributed by atoms with Crippen LogP contribution in [0.1, 0.15) is 31.0 Å². The predicted octanol–water partition coefficient (Wildman–Crippen LogP) is 1.61. The SMILES string of the molecule is CC[C@@H](C)[C@H](NC(=O)Cc1csc(C)n1)C(=O)O. The minimum atomic E-state index is -0.993. The van der Waals surface area contributed by atoms with Gasteiger partial charge in [-0.3, -0.25) is 4.79 Å². The van der Waals surface area contributed by atoms with Crippen LogP contribution < -0.4 is 5.32 Å². The summed E-state index contributed by atoms with van der Waals surface area (Å²) in [7, 11) is 0. The normalized spacial score (nSPS) is 13.9. The fourth-order valence-corrected chi connectivity index (χ4v) is 2.17. The molecule has 6 heteroatoms. The van der Waals surface area contributed by atoms with E-state index in [2.05, 4.69) is 10.3 Å². The summed E-state index contributed by atoms with van der Waals surface area (Å²) in [5.41, 5.74) is 0.684. The standard InChI is InChI=1S/C12H18N2O3S/c1-4-7(2)11(12(16)17)14-10(15)5-9-6-18-8(3)13-9/h6-7,11H,4-5H2,1-3H3,(H,14,15)(H,16,17)/t7-,11+/m1/s1. The molecular formula is C12H18N2O3S. The van der Waals surface area contributed by atoms with Crippen LogP contribution in [0.25, 0.3) is 0 Å². The molecule has 1 heterocycles. The number of nitrogens with one attached hydrogen (secondary N) is 1. The van der Waals surface area contributed by atoms with Gasteiger partial charge in [0.05, 0.1) is 17.1 Å². The van der Waals surface area contributed by atoms with E-state index in [-0.39, 0.29) is 18.2 Å². The summed E-state index contributed by atoms with van der Waals surface area (Å²) >= 11 is 1.47. The Morgan fingerprint density at radius 1 is 1.56 bits per heavy atom. The van der Waals surface area contributed by atoms with Crippen LogP contribution in [0.2, 0.25) is 0 Å². The molecule has 1 rings (SSSR count). The number of carboxylic acid groups (broad SMARTS) is 1. The molecule has 0 aromatic carbocycles. The van der Waals surface area contributed by atoms with E-state index in [4.69, 9.17) is 5.11 Å². The number of hydrogen-bond donors (Lipinski definition) is 2. The second kappa shape index (κ2) is 6.49. The van der Waals surface area contributed by atoms with Gasteiger partial charge < -0.3 is 10.4 Å². The van der Waals surface area contributed by atoms with Crippen LogP contribution in [0.15, 0.2) is 5.38 Å². The molecule has 100 valence electrons. The number of hydrogen-bond acceptors (Lipinski definition) is 4. The smallest absolute Gasteiger partial charge is 0.326 e. The van der Waals surface area contributed by atoms with Gasteiger partial charge in [0.1, 0.15) is 6.04 Å². The van der Waals surface area contributed by atoms with E-state index in [0.717, 1.165) is 5.01 Å². The topological polar surface area (TPSA) is 79.3 Å². The van der Waals surface area contributed by atoms with Crippen LogP contribution in [0.3, 0.4) is 0 Å². The van der Waals surface area contributed by atoms with Gasteiger partial charge in [-0.05, 0) is 12.8 Å².